The molecule has 0 bridgehead atoms. The Balaban J connectivity index is 1.55. The average molecular weight is 450 g/mol. The van der Waals surface area contributed by atoms with Crippen molar-refractivity contribution in [2.75, 3.05) is 4.72 Å². The average Bonchev–Trinajstić information content (AvgIpc) is 3.30. The number of nitrogens with zero attached hydrogens (tertiary/aromatic N) is 2. The van der Waals surface area contributed by atoms with Crippen molar-refractivity contribution in [1.82, 2.24) is 9.72 Å². The molecule has 2 heterocycles. The van der Waals surface area contributed by atoms with Gasteiger partial charge in [0.1, 0.15) is 11.6 Å². The Bertz CT molecular complexity index is 1300. The number of carboxylic acids is 1. The molecule has 1 aliphatic carbocycles. The number of rotatable bonds is 7. The highest BCUT2D eigenvalue weighted by Gasteiger charge is 2.27. The van der Waals surface area contributed by atoms with E-state index in [9.17, 15) is 9.90 Å². The van der Waals surface area contributed by atoms with Crippen molar-refractivity contribution in [2.24, 2.45) is 0 Å². The van der Waals surface area contributed by atoms with Crippen LogP contribution in [-0.2, 0) is 0 Å². The molecule has 0 unspecified atom stereocenters. The molecule has 32 heavy (non-hydrogen) atoms. The van der Waals surface area contributed by atoms with Crippen molar-refractivity contribution in [3.8, 4) is 16.8 Å². The van der Waals surface area contributed by atoms with Gasteiger partial charge in [0.25, 0.3) is 0 Å². The number of carbonyl (C=O) groups is 1. The molecule has 2 aromatic heterocycles. The second-order valence-corrected chi connectivity index (χ2v) is 8.62. The van der Waals surface area contributed by atoms with Crippen LogP contribution in [0.3, 0.4) is 0 Å². The molecule has 0 amide bonds. The van der Waals surface area contributed by atoms with E-state index in [2.05, 4.69) is 9.88 Å². The van der Waals surface area contributed by atoms with Gasteiger partial charge in [-0.15, -0.1) is 0 Å². The molecule has 0 saturated heterocycles. The third-order valence-electron chi connectivity index (χ3n) is 5.56. The fourth-order valence-electron chi connectivity index (χ4n) is 3.71. The summed E-state index contributed by atoms with van der Waals surface area (Å²) in [5.41, 5.74) is 3.66. The van der Waals surface area contributed by atoms with E-state index in [0.29, 0.717) is 34.2 Å². The summed E-state index contributed by atoms with van der Waals surface area (Å²) in [7, 11) is 0. The van der Waals surface area contributed by atoms with Crippen molar-refractivity contribution in [3.05, 3.63) is 83.8 Å². The molecule has 1 fully saturated rings. The number of aromatic carboxylic acids is 1. The number of anilines is 1. The van der Waals surface area contributed by atoms with E-state index in [0.717, 1.165) is 23.3 Å². The molecule has 4 aromatic rings. The smallest absolute Gasteiger partial charge is 0.335 e. The number of aryl methyl sites for hydroxylation is 1. The number of hydrogen-bond donors (Lipinski definition) is 2. The van der Waals surface area contributed by atoms with Crippen molar-refractivity contribution < 1.29 is 18.8 Å². The first-order valence-corrected chi connectivity index (χ1v) is 11.0. The number of carboxylic acid groups (broad SMARTS) is 1. The first kappa shape index (κ1) is 20.4. The van der Waals surface area contributed by atoms with Gasteiger partial charge in [0.2, 0.25) is 0 Å². The standard InChI is InChI=1S/C24H20FN3O3S/c1-14-19(13-26-31-14)18-11-21(22(12-20(18)25)28-8-2-3-9-28)27-32-23-10-16(24(29)30)6-7-17(23)15-4-5-15/h2-3,6-13,15,27H,4-5H2,1H3,(H,29,30). The van der Waals surface area contributed by atoms with Crippen LogP contribution in [0.2, 0.25) is 0 Å². The van der Waals surface area contributed by atoms with Gasteiger partial charge in [-0.05, 0) is 73.5 Å². The molecule has 2 aromatic carbocycles. The summed E-state index contributed by atoms with van der Waals surface area (Å²) < 4.78 is 25.4. The van der Waals surface area contributed by atoms with Gasteiger partial charge in [0, 0.05) is 34.5 Å². The minimum Gasteiger partial charge on any atom is -0.478 e. The molecule has 6 nitrogen and oxygen atoms in total. The molecule has 0 atom stereocenters. The Labute approximate surface area is 188 Å². The zero-order chi connectivity index (χ0) is 22.2. The van der Waals surface area contributed by atoms with E-state index in [1.807, 2.05) is 35.2 Å². The van der Waals surface area contributed by atoms with Gasteiger partial charge in [-0.3, -0.25) is 0 Å². The Kier molecular flexibility index (Phi) is 5.22. The zero-order valence-electron chi connectivity index (χ0n) is 17.2. The SMILES string of the molecule is Cc1oncc1-c1cc(NSc2cc(C(=O)O)ccc2C2CC2)c(-n2cccc2)cc1F. The maximum Gasteiger partial charge on any atom is 0.335 e. The van der Waals surface area contributed by atoms with Crippen molar-refractivity contribution in [2.45, 2.75) is 30.6 Å². The fraction of sp³-hybridized carbons (Fsp3) is 0.167. The summed E-state index contributed by atoms with van der Waals surface area (Å²) in [4.78, 5) is 12.3. The van der Waals surface area contributed by atoms with Crippen LogP contribution < -0.4 is 4.72 Å². The normalized spacial score (nSPS) is 13.3. The molecule has 5 rings (SSSR count). The highest BCUT2D eigenvalue weighted by molar-refractivity contribution is 8.00. The van der Waals surface area contributed by atoms with E-state index in [1.165, 1.54) is 24.2 Å². The lowest BCUT2D eigenvalue weighted by Gasteiger charge is -2.16. The van der Waals surface area contributed by atoms with Gasteiger partial charge in [-0.1, -0.05) is 11.2 Å². The summed E-state index contributed by atoms with van der Waals surface area (Å²) >= 11 is 1.34. The van der Waals surface area contributed by atoms with Crippen molar-refractivity contribution >= 4 is 23.6 Å². The first-order chi connectivity index (χ1) is 15.5. The second-order valence-electron chi connectivity index (χ2n) is 7.77. The largest absolute Gasteiger partial charge is 0.478 e. The van der Waals surface area contributed by atoms with Gasteiger partial charge in [-0.25, -0.2) is 9.18 Å². The third kappa shape index (κ3) is 3.89. The number of halogens is 1. The molecule has 0 spiro atoms. The lowest BCUT2D eigenvalue weighted by Crippen LogP contribution is -2.02. The van der Waals surface area contributed by atoms with Crippen LogP contribution in [0.25, 0.3) is 16.8 Å². The van der Waals surface area contributed by atoms with Gasteiger partial charge < -0.3 is 18.9 Å². The quantitative estimate of drug-likeness (QED) is 0.324. The van der Waals surface area contributed by atoms with Gasteiger partial charge >= 0.3 is 5.97 Å². The van der Waals surface area contributed by atoms with Gasteiger partial charge in [0.15, 0.2) is 0 Å². The molecular formula is C24H20FN3O3S. The second kappa shape index (κ2) is 8.20. The van der Waals surface area contributed by atoms with Gasteiger partial charge in [0.05, 0.1) is 23.1 Å². The Morgan fingerprint density at radius 2 is 2.00 bits per heavy atom. The van der Waals surface area contributed by atoms with E-state index in [1.54, 1.807) is 25.1 Å². The van der Waals surface area contributed by atoms with E-state index < -0.39 is 5.97 Å². The molecule has 1 saturated carbocycles. The Morgan fingerprint density at radius 3 is 2.66 bits per heavy atom. The molecule has 0 radical (unpaired) electrons. The van der Waals surface area contributed by atoms with Crippen LogP contribution >= 0.6 is 11.9 Å². The Morgan fingerprint density at radius 1 is 1.22 bits per heavy atom. The summed E-state index contributed by atoms with van der Waals surface area (Å²) in [5.74, 6) is -0.368. The molecular weight excluding hydrogens is 429 g/mol. The lowest BCUT2D eigenvalue weighted by atomic mass is 10.0. The third-order valence-corrected chi connectivity index (χ3v) is 6.45. The molecule has 2 N–H and O–H groups in total. The predicted octanol–water partition coefficient (Wildman–Crippen LogP) is 6.27. The van der Waals surface area contributed by atoms with Crippen LogP contribution in [0.1, 0.15) is 40.4 Å². The molecule has 162 valence electrons. The van der Waals surface area contributed by atoms with Crippen LogP contribution in [0.5, 0.6) is 0 Å². The minimum absolute atomic E-state index is 0.240. The highest BCUT2D eigenvalue weighted by Crippen LogP contribution is 2.45. The van der Waals surface area contributed by atoms with Gasteiger partial charge in [-0.2, -0.15) is 0 Å². The van der Waals surface area contributed by atoms with E-state index in [4.69, 9.17) is 4.52 Å². The molecule has 0 aliphatic heterocycles. The summed E-state index contributed by atoms with van der Waals surface area (Å²) in [6, 6.07) is 12.2. The maximum atomic E-state index is 15.1. The summed E-state index contributed by atoms with van der Waals surface area (Å²) in [6.07, 6.45) is 7.39. The van der Waals surface area contributed by atoms with E-state index in [-0.39, 0.29) is 11.4 Å². The minimum atomic E-state index is -0.964. The summed E-state index contributed by atoms with van der Waals surface area (Å²) in [5, 5.41) is 13.2. The first-order valence-electron chi connectivity index (χ1n) is 10.2. The monoisotopic (exact) mass is 449 g/mol. The van der Waals surface area contributed by atoms with Crippen LogP contribution in [0.4, 0.5) is 10.1 Å². The van der Waals surface area contributed by atoms with Crippen molar-refractivity contribution in [3.63, 3.8) is 0 Å². The predicted molar refractivity (Wildman–Crippen MR) is 121 cm³/mol. The van der Waals surface area contributed by atoms with E-state index >= 15 is 4.39 Å². The highest BCUT2D eigenvalue weighted by atomic mass is 32.2. The molecule has 1 aliphatic rings. The van der Waals surface area contributed by atoms with Crippen LogP contribution in [0, 0.1) is 12.7 Å². The number of nitrogens with one attached hydrogen (secondary N) is 1. The number of benzene rings is 2. The molecule has 8 heteroatoms. The number of aromatic nitrogens is 2. The maximum absolute atomic E-state index is 15.1. The van der Waals surface area contributed by atoms with Crippen LogP contribution in [0.15, 0.2) is 70.5 Å². The Hall–Kier alpha value is -3.52. The lowest BCUT2D eigenvalue weighted by molar-refractivity contribution is 0.0696. The zero-order valence-corrected chi connectivity index (χ0v) is 18.0. The topological polar surface area (TPSA) is 80.3 Å². The van der Waals surface area contributed by atoms with Crippen LogP contribution in [-0.4, -0.2) is 20.8 Å². The van der Waals surface area contributed by atoms with Crippen molar-refractivity contribution in [1.29, 1.82) is 0 Å². The fourth-order valence-corrected chi connectivity index (χ4v) is 4.64. The summed E-state index contributed by atoms with van der Waals surface area (Å²) in [6.45, 7) is 1.74. The number of hydrogen-bond acceptors (Lipinski definition) is 5.